The molecule has 33 nitrogen and oxygen atoms in total. The fourth-order valence-electron chi connectivity index (χ4n) is 7.10. The number of rotatable bonds is 42. The highest BCUT2D eigenvalue weighted by Crippen LogP contribution is 2.10. The predicted octanol–water partition coefficient (Wildman–Crippen LogP) is -3.56. The minimum Gasteiger partial charge on any atom is -0.480 e. The van der Waals surface area contributed by atoms with Gasteiger partial charge in [-0.3, -0.25) is 38.4 Å². The van der Waals surface area contributed by atoms with Crippen molar-refractivity contribution in [3.8, 4) is 0 Å². The van der Waals surface area contributed by atoms with Gasteiger partial charge in [0.2, 0.25) is 47.3 Å². The van der Waals surface area contributed by atoms with Gasteiger partial charge in [-0.1, -0.05) is 6.92 Å². The SMILES string of the molecule is CCCC(=O)NC(CCC(=O)NC(CCC(=O)NC(CCC(=O)NC(CCC(=O)NC(CCC(=O)NC(CCC(=O)NC(CCC(=O)NC(CCC(C)=O)C(=O)OC)C(=O)O)C(=O)O)C(=O)OC)C(=O)O)C(=O)O)C(=O)OC)C(=O)O. The second kappa shape index (κ2) is 38.7. The Morgan fingerprint density at radius 1 is 0.284 bits per heavy atom. The van der Waals surface area contributed by atoms with E-state index in [4.69, 9.17) is 0 Å². The first-order chi connectivity index (χ1) is 38.0. The molecule has 0 aliphatic carbocycles. The molecule has 0 radical (unpaired) electrons. The molecule has 0 heterocycles. The monoisotopic (exact) mass is 1160 g/mol. The topological polar surface area (TPSA) is 515 Å². The van der Waals surface area contributed by atoms with E-state index in [0.29, 0.717) is 6.42 Å². The summed E-state index contributed by atoms with van der Waals surface area (Å²) in [4.78, 5) is 208. The molecule has 0 rings (SSSR count). The summed E-state index contributed by atoms with van der Waals surface area (Å²) in [5.74, 6) is -18.3. The Kier molecular flexibility index (Phi) is 34.5. The van der Waals surface area contributed by atoms with Crippen LogP contribution in [-0.2, 0) is 95.7 Å². The molecule has 33 heteroatoms. The third-order valence-electron chi connectivity index (χ3n) is 11.5. The van der Waals surface area contributed by atoms with E-state index in [2.05, 4.69) is 56.7 Å². The number of methoxy groups -OCH3 is 3. The van der Waals surface area contributed by atoms with Crippen LogP contribution in [-0.4, -0.2) is 196 Å². The first kappa shape index (κ1) is 72.2. The fraction of sp³-hybridized carbons (Fsp3) is 0.646. The molecule has 81 heavy (non-hydrogen) atoms. The second-order valence-corrected chi connectivity index (χ2v) is 18.0. The van der Waals surface area contributed by atoms with E-state index in [-0.39, 0.29) is 31.5 Å². The van der Waals surface area contributed by atoms with Gasteiger partial charge in [0.1, 0.15) is 54.1 Å². The van der Waals surface area contributed by atoms with Gasteiger partial charge in [-0.2, -0.15) is 0 Å². The highest BCUT2D eigenvalue weighted by Gasteiger charge is 2.31. The van der Waals surface area contributed by atoms with Gasteiger partial charge < -0.3 is 87.1 Å². The second-order valence-electron chi connectivity index (χ2n) is 18.0. The Morgan fingerprint density at radius 3 is 0.605 bits per heavy atom. The van der Waals surface area contributed by atoms with Gasteiger partial charge in [-0.05, 0) is 64.7 Å². The van der Waals surface area contributed by atoms with Crippen molar-refractivity contribution in [2.75, 3.05) is 21.3 Å². The molecule has 454 valence electrons. The van der Waals surface area contributed by atoms with Gasteiger partial charge in [0.15, 0.2) is 0 Å². The number of carboxylic acids is 5. The molecule has 8 amide bonds. The van der Waals surface area contributed by atoms with E-state index in [1.54, 1.807) is 6.92 Å². The molecule has 0 aromatic heterocycles. The van der Waals surface area contributed by atoms with Crippen LogP contribution < -0.4 is 42.5 Å². The highest BCUT2D eigenvalue weighted by molar-refractivity contribution is 5.91. The molecule has 0 aliphatic rings. The number of hydrogen-bond acceptors (Lipinski definition) is 20. The molecule has 0 saturated heterocycles. The van der Waals surface area contributed by atoms with Crippen molar-refractivity contribution in [1.29, 1.82) is 0 Å². The minimum absolute atomic E-state index is 0.0448. The van der Waals surface area contributed by atoms with Crippen LogP contribution in [0.15, 0.2) is 0 Å². The van der Waals surface area contributed by atoms with Crippen LogP contribution in [0.25, 0.3) is 0 Å². The maximum absolute atomic E-state index is 12.9. The summed E-state index contributed by atoms with van der Waals surface area (Å²) in [6, 6.07) is -12.5. The maximum Gasteiger partial charge on any atom is 0.328 e. The first-order valence-corrected chi connectivity index (χ1v) is 25.2. The summed E-state index contributed by atoms with van der Waals surface area (Å²) in [6.07, 6.45) is -7.43. The lowest BCUT2D eigenvalue weighted by molar-refractivity contribution is -0.146. The van der Waals surface area contributed by atoms with Crippen molar-refractivity contribution >= 4 is 101 Å². The Hall–Kier alpha value is -8.81. The number of ketones is 1. The molecule has 8 unspecified atom stereocenters. The number of ether oxygens (including phenoxy) is 3. The van der Waals surface area contributed by atoms with Gasteiger partial charge in [0.05, 0.1) is 21.3 Å². The van der Waals surface area contributed by atoms with Gasteiger partial charge >= 0.3 is 47.8 Å². The maximum atomic E-state index is 12.9. The molecular weight excluding hydrogens is 1090 g/mol. The molecule has 13 N–H and O–H groups in total. The van der Waals surface area contributed by atoms with Crippen molar-refractivity contribution in [3.05, 3.63) is 0 Å². The molecule has 0 spiro atoms. The normalized spacial score (nSPS) is 13.6. The molecule has 0 aromatic carbocycles. The van der Waals surface area contributed by atoms with Crippen LogP contribution in [0.1, 0.15) is 129 Å². The minimum atomic E-state index is -1.77. The van der Waals surface area contributed by atoms with Crippen molar-refractivity contribution in [2.45, 2.75) is 178 Å². The molecular formula is C48H72N8O25. The number of carboxylic acid groups (broad SMARTS) is 5. The average Bonchev–Trinajstić information content (AvgIpc) is 3.39. The lowest BCUT2D eigenvalue weighted by atomic mass is 10.1. The molecule has 0 saturated carbocycles. The summed E-state index contributed by atoms with van der Waals surface area (Å²) < 4.78 is 13.9. The molecule has 0 bridgehead atoms. The zero-order valence-corrected chi connectivity index (χ0v) is 45.2. The predicted molar refractivity (Wildman–Crippen MR) is 269 cm³/mol. The first-order valence-electron chi connectivity index (χ1n) is 25.2. The zero-order valence-electron chi connectivity index (χ0n) is 45.2. The van der Waals surface area contributed by atoms with Crippen molar-refractivity contribution in [2.24, 2.45) is 0 Å². The quantitative estimate of drug-likeness (QED) is 0.0208. The van der Waals surface area contributed by atoms with Gasteiger partial charge in [0.25, 0.3) is 0 Å². The third-order valence-corrected chi connectivity index (χ3v) is 11.5. The van der Waals surface area contributed by atoms with Crippen molar-refractivity contribution in [3.63, 3.8) is 0 Å². The largest absolute Gasteiger partial charge is 0.480 e. The van der Waals surface area contributed by atoms with Gasteiger partial charge in [-0.25, -0.2) is 38.4 Å². The third kappa shape index (κ3) is 31.4. The number of esters is 3. The highest BCUT2D eigenvalue weighted by atomic mass is 16.5. The Balaban J connectivity index is 5.34. The van der Waals surface area contributed by atoms with Crippen LogP contribution in [0.4, 0.5) is 0 Å². The average molecular weight is 1160 g/mol. The number of carbonyl (C=O) groups is 17. The van der Waals surface area contributed by atoms with Crippen LogP contribution >= 0.6 is 0 Å². The fourth-order valence-corrected chi connectivity index (χ4v) is 7.10. The summed E-state index contributed by atoms with van der Waals surface area (Å²) in [7, 11) is 2.96. The van der Waals surface area contributed by atoms with Crippen LogP contribution in [0, 0.1) is 0 Å². The summed E-state index contributed by atoms with van der Waals surface area (Å²) in [5, 5.41) is 65.7. The Morgan fingerprint density at radius 2 is 0.444 bits per heavy atom. The van der Waals surface area contributed by atoms with E-state index >= 15 is 0 Å². The lowest BCUT2D eigenvalue weighted by Gasteiger charge is -2.20. The zero-order chi connectivity index (χ0) is 61.9. The Labute approximate surface area is 462 Å². The van der Waals surface area contributed by atoms with Crippen LogP contribution in [0.2, 0.25) is 0 Å². The molecule has 0 fully saturated rings. The molecule has 0 aliphatic heterocycles. The standard InChI is InChI=1S/C48H72N8O25/c1-6-7-33(58)49-25(41(66)67)12-19-39(64)55-31(47(77)80-4)15-22-36(61)52-27(43(70)71)11-18-35(60)51-29(45(74)75)14-21-40(65)56-32(48(78)81-5)16-23-37(62)53-26(42(68)69)10-17-34(59)50-28(44(72)73)13-20-38(63)54-30(46(76)79-3)9-8-24(2)57/h25-32H,6-23H2,1-5H3,(H,49,58)(H,50,59)(H,51,60)(H,52,61)(H,53,62)(H,54,63)(H,55,64)(H,56,65)(H,66,67)(H,68,69)(H,70,71)(H,72,73)(H,74,75). The number of amides is 8. The summed E-state index contributed by atoms with van der Waals surface area (Å²) in [6.45, 7) is 2.96. The molecule has 0 aromatic rings. The van der Waals surface area contributed by atoms with Gasteiger partial charge in [0, 0.05) is 57.8 Å². The Bertz CT molecular complexity index is 2290. The van der Waals surface area contributed by atoms with Gasteiger partial charge in [-0.15, -0.1) is 0 Å². The van der Waals surface area contributed by atoms with Crippen LogP contribution in [0.5, 0.6) is 0 Å². The number of carbonyl (C=O) groups excluding carboxylic acids is 12. The summed E-state index contributed by atoms with van der Waals surface area (Å²) in [5.41, 5.74) is 0. The molecule has 8 atom stereocenters. The smallest absolute Gasteiger partial charge is 0.328 e. The summed E-state index contributed by atoms with van der Waals surface area (Å²) >= 11 is 0. The van der Waals surface area contributed by atoms with Crippen LogP contribution in [0.3, 0.4) is 0 Å². The van der Waals surface area contributed by atoms with E-state index in [0.717, 1.165) is 21.3 Å². The van der Waals surface area contributed by atoms with E-state index in [1.165, 1.54) is 6.92 Å². The van der Waals surface area contributed by atoms with E-state index < -0.39 is 227 Å². The number of hydrogen-bond donors (Lipinski definition) is 13. The van der Waals surface area contributed by atoms with Crippen molar-refractivity contribution < 1.29 is 121 Å². The number of Topliss-reactive ketones (excluding diaryl/α,β-unsaturated/α-hetero) is 1. The number of aliphatic carboxylic acids is 5. The van der Waals surface area contributed by atoms with E-state index in [1.807, 2.05) is 0 Å². The van der Waals surface area contributed by atoms with E-state index in [9.17, 15) is 107 Å². The lowest BCUT2D eigenvalue weighted by Crippen LogP contribution is -2.46. The van der Waals surface area contributed by atoms with Crippen molar-refractivity contribution in [1.82, 2.24) is 42.5 Å². The number of nitrogens with one attached hydrogen (secondary N) is 8.